The summed E-state index contributed by atoms with van der Waals surface area (Å²) in [4.78, 5) is 15.3. The summed E-state index contributed by atoms with van der Waals surface area (Å²) >= 11 is 5.99. The summed E-state index contributed by atoms with van der Waals surface area (Å²) < 4.78 is 0. The van der Waals surface area contributed by atoms with Crippen molar-refractivity contribution in [3.05, 3.63) is 130 Å². The first kappa shape index (κ1) is 25.0. The summed E-state index contributed by atoms with van der Waals surface area (Å²) in [5.74, 6) is -0.102. The molecule has 1 amide bonds. The Morgan fingerprint density at radius 2 is 1.57 bits per heavy atom. The molecule has 3 nitrogen and oxygen atoms in total. The SMILES string of the molecule is CN(CCc1ccccc1)CC1=Cc2ccc(NC(=O)c3ccc(-c4ccc(Cl)cc4)cc3)cc2CC1. The van der Waals surface area contributed by atoms with Gasteiger partial charge in [-0.15, -0.1) is 0 Å². The van der Waals surface area contributed by atoms with Crippen molar-refractivity contribution in [3.8, 4) is 11.1 Å². The van der Waals surface area contributed by atoms with E-state index in [9.17, 15) is 4.79 Å². The maximum absolute atomic E-state index is 12.9. The van der Waals surface area contributed by atoms with Crippen LogP contribution >= 0.6 is 11.6 Å². The van der Waals surface area contributed by atoms with Gasteiger partial charge in [0.05, 0.1) is 0 Å². The molecule has 0 saturated carbocycles. The van der Waals surface area contributed by atoms with E-state index in [1.165, 1.54) is 22.3 Å². The molecule has 1 N–H and O–H groups in total. The van der Waals surface area contributed by atoms with E-state index >= 15 is 0 Å². The fraction of sp³-hybridized carbons (Fsp3) is 0.182. The predicted molar refractivity (Wildman–Crippen MR) is 155 cm³/mol. The van der Waals surface area contributed by atoms with Crippen molar-refractivity contribution in [3.63, 3.8) is 0 Å². The fourth-order valence-electron chi connectivity index (χ4n) is 4.80. The van der Waals surface area contributed by atoms with Gasteiger partial charge in [-0.05, 0) is 90.5 Å². The van der Waals surface area contributed by atoms with E-state index in [4.69, 9.17) is 11.6 Å². The predicted octanol–water partition coefficient (Wildman–Crippen LogP) is 7.76. The number of nitrogens with one attached hydrogen (secondary N) is 1. The molecule has 0 unspecified atom stereocenters. The molecule has 186 valence electrons. The molecule has 0 aromatic heterocycles. The first-order valence-electron chi connectivity index (χ1n) is 12.8. The van der Waals surface area contributed by atoms with Crippen LogP contribution in [-0.2, 0) is 12.8 Å². The van der Waals surface area contributed by atoms with Crippen LogP contribution in [0.25, 0.3) is 17.2 Å². The number of likely N-dealkylation sites (N-methyl/N-ethyl adjacent to an activating group) is 1. The standard InChI is InChI=1S/C33H31ClN2O/c1-36(20-19-24-5-3-2-4-6-24)23-25-7-8-30-22-32(18-15-29(30)21-25)35-33(37)28-11-9-26(10-12-28)27-13-16-31(34)17-14-27/h2-6,9-18,21-22H,7-8,19-20,23H2,1H3,(H,35,37). The highest BCUT2D eigenvalue weighted by Crippen LogP contribution is 2.28. The third-order valence-corrected chi connectivity index (χ3v) is 7.15. The van der Waals surface area contributed by atoms with Crippen molar-refractivity contribution >= 4 is 29.3 Å². The molecule has 4 aromatic rings. The second-order valence-electron chi connectivity index (χ2n) is 9.73. The zero-order valence-electron chi connectivity index (χ0n) is 21.1. The van der Waals surface area contributed by atoms with Crippen LogP contribution in [0, 0.1) is 0 Å². The number of nitrogens with zero attached hydrogens (tertiary/aromatic N) is 1. The van der Waals surface area contributed by atoms with Gasteiger partial charge in [-0.3, -0.25) is 4.79 Å². The molecule has 37 heavy (non-hydrogen) atoms. The number of benzene rings is 4. The van der Waals surface area contributed by atoms with Gasteiger partial charge in [0.1, 0.15) is 0 Å². The number of halogens is 1. The van der Waals surface area contributed by atoms with Crippen LogP contribution in [0.1, 0.15) is 33.5 Å². The average Bonchev–Trinajstić information content (AvgIpc) is 2.93. The van der Waals surface area contributed by atoms with Gasteiger partial charge >= 0.3 is 0 Å². The lowest BCUT2D eigenvalue weighted by Crippen LogP contribution is -2.24. The van der Waals surface area contributed by atoms with Crippen LogP contribution in [0.5, 0.6) is 0 Å². The lowest BCUT2D eigenvalue weighted by molar-refractivity contribution is 0.102. The van der Waals surface area contributed by atoms with E-state index in [1.54, 1.807) is 0 Å². The minimum atomic E-state index is -0.102. The Morgan fingerprint density at radius 1 is 0.865 bits per heavy atom. The number of aryl methyl sites for hydroxylation is 1. The van der Waals surface area contributed by atoms with Gasteiger partial charge in [-0.1, -0.05) is 83.9 Å². The maximum atomic E-state index is 12.9. The molecule has 0 heterocycles. The zero-order valence-corrected chi connectivity index (χ0v) is 21.8. The maximum Gasteiger partial charge on any atom is 0.255 e. The Morgan fingerprint density at radius 3 is 2.30 bits per heavy atom. The molecule has 0 atom stereocenters. The largest absolute Gasteiger partial charge is 0.322 e. The van der Waals surface area contributed by atoms with Gasteiger partial charge in [0.25, 0.3) is 5.91 Å². The number of carbonyl (C=O) groups excluding carboxylic acids is 1. The summed E-state index contributed by atoms with van der Waals surface area (Å²) in [6.07, 6.45) is 5.42. The molecule has 0 bridgehead atoms. The van der Waals surface area contributed by atoms with Crippen molar-refractivity contribution in [1.29, 1.82) is 0 Å². The summed E-state index contributed by atoms with van der Waals surface area (Å²) in [5.41, 5.74) is 8.97. The van der Waals surface area contributed by atoms with Gasteiger partial charge in [-0.2, -0.15) is 0 Å². The fourth-order valence-corrected chi connectivity index (χ4v) is 4.93. The highest BCUT2D eigenvalue weighted by molar-refractivity contribution is 6.30. The van der Waals surface area contributed by atoms with Crippen molar-refractivity contribution < 1.29 is 4.79 Å². The van der Waals surface area contributed by atoms with E-state index in [2.05, 4.69) is 65.8 Å². The third kappa shape index (κ3) is 6.56. The number of fused-ring (bicyclic) bond motifs is 1. The first-order valence-corrected chi connectivity index (χ1v) is 13.1. The first-order chi connectivity index (χ1) is 18.0. The monoisotopic (exact) mass is 506 g/mol. The molecule has 1 aliphatic rings. The van der Waals surface area contributed by atoms with Crippen LogP contribution < -0.4 is 5.32 Å². The van der Waals surface area contributed by atoms with Crippen LogP contribution in [0.4, 0.5) is 5.69 Å². The summed E-state index contributed by atoms with van der Waals surface area (Å²) in [5, 5.41) is 3.78. The molecule has 4 aromatic carbocycles. The van der Waals surface area contributed by atoms with Crippen LogP contribution in [-0.4, -0.2) is 30.9 Å². The molecule has 5 rings (SSSR count). The Bertz CT molecular complexity index is 1390. The highest BCUT2D eigenvalue weighted by Gasteiger charge is 2.14. The normalized spacial score (nSPS) is 12.7. The van der Waals surface area contributed by atoms with E-state index in [1.807, 2.05) is 54.6 Å². The quantitative estimate of drug-likeness (QED) is 0.265. The average molecular weight is 507 g/mol. The number of carbonyl (C=O) groups is 1. The molecule has 1 aliphatic carbocycles. The lowest BCUT2D eigenvalue weighted by atomic mass is 9.91. The molecule has 0 aliphatic heterocycles. The van der Waals surface area contributed by atoms with Crippen molar-refractivity contribution in [2.45, 2.75) is 19.3 Å². The second-order valence-corrected chi connectivity index (χ2v) is 10.2. The Kier molecular flexibility index (Phi) is 7.84. The summed E-state index contributed by atoms with van der Waals surface area (Å²) in [7, 11) is 2.19. The van der Waals surface area contributed by atoms with Crippen LogP contribution in [0.3, 0.4) is 0 Å². The van der Waals surface area contributed by atoms with E-state index < -0.39 is 0 Å². The van der Waals surface area contributed by atoms with Gasteiger partial charge in [-0.25, -0.2) is 0 Å². The van der Waals surface area contributed by atoms with Crippen molar-refractivity contribution in [1.82, 2.24) is 4.90 Å². The smallest absolute Gasteiger partial charge is 0.255 e. The number of hydrogen-bond donors (Lipinski definition) is 1. The molecular weight excluding hydrogens is 476 g/mol. The van der Waals surface area contributed by atoms with Gasteiger partial charge in [0.15, 0.2) is 0 Å². The summed E-state index contributed by atoms with van der Waals surface area (Å²) in [6.45, 7) is 2.02. The van der Waals surface area contributed by atoms with Gasteiger partial charge < -0.3 is 10.2 Å². The van der Waals surface area contributed by atoms with E-state index in [0.29, 0.717) is 10.6 Å². The number of rotatable bonds is 8. The number of anilines is 1. The third-order valence-electron chi connectivity index (χ3n) is 6.90. The molecule has 0 radical (unpaired) electrons. The van der Waals surface area contributed by atoms with Crippen molar-refractivity contribution in [2.24, 2.45) is 0 Å². The Labute approximate surface area is 224 Å². The van der Waals surface area contributed by atoms with Crippen LogP contribution in [0.2, 0.25) is 5.02 Å². The molecule has 0 saturated heterocycles. The molecular formula is C33H31ClN2O. The minimum absolute atomic E-state index is 0.102. The number of amides is 1. The number of hydrogen-bond acceptors (Lipinski definition) is 2. The Hall–Kier alpha value is -3.66. The van der Waals surface area contributed by atoms with Gasteiger partial charge in [0, 0.05) is 29.4 Å². The molecule has 0 fully saturated rings. The molecule has 0 spiro atoms. The second kappa shape index (κ2) is 11.6. The topological polar surface area (TPSA) is 32.3 Å². The summed E-state index contributed by atoms with van der Waals surface area (Å²) in [6, 6.07) is 32.2. The van der Waals surface area contributed by atoms with Gasteiger partial charge in [0.2, 0.25) is 0 Å². The van der Waals surface area contributed by atoms with E-state index in [0.717, 1.165) is 49.2 Å². The molecule has 4 heteroatoms. The minimum Gasteiger partial charge on any atom is -0.322 e. The van der Waals surface area contributed by atoms with Crippen LogP contribution in [0.15, 0.2) is 103 Å². The lowest BCUT2D eigenvalue weighted by Gasteiger charge is -2.23. The highest BCUT2D eigenvalue weighted by atomic mass is 35.5. The van der Waals surface area contributed by atoms with E-state index in [-0.39, 0.29) is 5.91 Å². The zero-order chi connectivity index (χ0) is 25.6. The van der Waals surface area contributed by atoms with Crippen molar-refractivity contribution in [2.75, 3.05) is 25.5 Å². The Balaban J connectivity index is 1.18.